The second-order valence-electron chi connectivity index (χ2n) is 7.71. The molecule has 0 aliphatic carbocycles. The SMILES string of the molecule is COc1ccc(OC[C@H](O)CN2CCC(O)CC2)c(CN2CCCOCC2)c1. The molecule has 2 heterocycles. The lowest BCUT2D eigenvalue weighted by Crippen LogP contribution is -2.41. The highest BCUT2D eigenvalue weighted by molar-refractivity contribution is 5.40. The van der Waals surface area contributed by atoms with E-state index in [1.807, 2.05) is 18.2 Å². The summed E-state index contributed by atoms with van der Waals surface area (Å²) in [4.78, 5) is 4.55. The smallest absolute Gasteiger partial charge is 0.124 e. The summed E-state index contributed by atoms with van der Waals surface area (Å²) in [7, 11) is 1.67. The molecule has 2 fully saturated rings. The van der Waals surface area contributed by atoms with Crippen LogP contribution in [0.5, 0.6) is 11.5 Å². The van der Waals surface area contributed by atoms with Gasteiger partial charge in [0, 0.05) is 51.4 Å². The Morgan fingerprint density at radius 2 is 1.96 bits per heavy atom. The van der Waals surface area contributed by atoms with Gasteiger partial charge in [0.1, 0.15) is 24.2 Å². The van der Waals surface area contributed by atoms with Crippen LogP contribution in [0.4, 0.5) is 0 Å². The molecule has 0 unspecified atom stereocenters. The Bertz CT molecular complexity index is 584. The number of piperidine rings is 1. The highest BCUT2D eigenvalue weighted by atomic mass is 16.5. The summed E-state index contributed by atoms with van der Waals surface area (Å²) in [5.41, 5.74) is 1.06. The number of likely N-dealkylation sites (tertiary alicyclic amines) is 1. The minimum absolute atomic E-state index is 0.198. The molecule has 1 aromatic carbocycles. The normalized spacial score (nSPS) is 21.2. The molecular formula is C21H34N2O5. The molecule has 3 rings (SSSR count). The molecule has 7 nitrogen and oxygen atoms in total. The van der Waals surface area contributed by atoms with E-state index < -0.39 is 6.10 Å². The number of ether oxygens (including phenoxy) is 3. The predicted octanol–water partition coefficient (Wildman–Crippen LogP) is 1.11. The van der Waals surface area contributed by atoms with E-state index >= 15 is 0 Å². The molecule has 28 heavy (non-hydrogen) atoms. The van der Waals surface area contributed by atoms with E-state index in [0.29, 0.717) is 6.54 Å². The first-order valence-electron chi connectivity index (χ1n) is 10.3. The second kappa shape index (κ2) is 11.0. The molecule has 2 aliphatic rings. The molecule has 0 spiro atoms. The standard InChI is InChI=1S/C21H34N2O5/c1-26-20-3-4-21(17(13-20)14-22-7-2-11-27-12-10-22)28-16-19(25)15-23-8-5-18(24)6-9-23/h3-4,13,18-19,24-25H,2,5-12,14-16H2,1H3/t19-/m1/s1. The average molecular weight is 395 g/mol. The molecular weight excluding hydrogens is 360 g/mol. The van der Waals surface area contributed by atoms with Crippen molar-refractivity contribution in [2.75, 3.05) is 59.7 Å². The van der Waals surface area contributed by atoms with Crippen molar-refractivity contribution < 1.29 is 24.4 Å². The number of methoxy groups -OCH3 is 1. The van der Waals surface area contributed by atoms with Gasteiger partial charge in [0.2, 0.25) is 0 Å². The largest absolute Gasteiger partial charge is 0.497 e. The Labute approximate surface area is 167 Å². The lowest BCUT2D eigenvalue weighted by molar-refractivity contribution is 0.0335. The third-order valence-electron chi connectivity index (χ3n) is 5.43. The van der Waals surface area contributed by atoms with Gasteiger partial charge in [0.25, 0.3) is 0 Å². The molecule has 0 saturated carbocycles. The molecule has 1 aromatic rings. The maximum Gasteiger partial charge on any atom is 0.124 e. The predicted molar refractivity (Wildman–Crippen MR) is 107 cm³/mol. The van der Waals surface area contributed by atoms with Crippen molar-refractivity contribution in [1.29, 1.82) is 0 Å². The summed E-state index contributed by atoms with van der Waals surface area (Å²) in [6.45, 7) is 6.71. The maximum atomic E-state index is 10.4. The van der Waals surface area contributed by atoms with Crippen LogP contribution in [0.3, 0.4) is 0 Å². The Hall–Kier alpha value is -1.38. The van der Waals surface area contributed by atoms with Gasteiger partial charge in [-0.2, -0.15) is 0 Å². The zero-order valence-electron chi connectivity index (χ0n) is 16.9. The molecule has 2 saturated heterocycles. The van der Waals surface area contributed by atoms with Gasteiger partial charge < -0.3 is 29.3 Å². The Morgan fingerprint density at radius 3 is 2.75 bits per heavy atom. The number of aliphatic hydroxyl groups is 2. The van der Waals surface area contributed by atoms with Gasteiger partial charge in [-0.1, -0.05) is 0 Å². The van der Waals surface area contributed by atoms with Gasteiger partial charge in [-0.25, -0.2) is 0 Å². The topological polar surface area (TPSA) is 74.6 Å². The number of β-amino-alcohol motifs (C(OH)–C–C–N with tert-alkyl or cyclic N) is 1. The number of aliphatic hydroxyl groups excluding tert-OH is 2. The highest BCUT2D eigenvalue weighted by Gasteiger charge is 2.20. The van der Waals surface area contributed by atoms with Gasteiger partial charge >= 0.3 is 0 Å². The summed E-state index contributed by atoms with van der Waals surface area (Å²) in [5, 5.41) is 20.0. The highest BCUT2D eigenvalue weighted by Crippen LogP contribution is 2.26. The number of nitrogens with zero attached hydrogens (tertiary/aromatic N) is 2. The second-order valence-corrected chi connectivity index (χ2v) is 7.71. The van der Waals surface area contributed by atoms with Crippen molar-refractivity contribution in [3.8, 4) is 11.5 Å². The van der Waals surface area contributed by atoms with Gasteiger partial charge in [-0.15, -0.1) is 0 Å². The van der Waals surface area contributed by atoms with Crippen LogP contribution in [-0.2, 0) is 11.3 Å². The van der Waals surface area contributed by atoms with Crippen molar-refractivity contribution in [1.82, 2.24) is 9.80 Å². The summed E-state index contributed by atoms with van der Waals surface area (Å²) in [6.07, 6.45) is 1.82. The first-order valence-corrected chi connectivity index (χ1v) is 10.3. The van der Waals surface area contributed by atoms with Crippen LogP contribution in [0.15, 0.2) is 18.2 Å². The van der Waals surface area contributed by atoms with E-state index in [-0.39, 0.29) is 12.7 Å². The molecule has 2 aliphatic heterocycles. The third-order valence-corrected chi connectivity index (χ3v) is 5.43. The quantitative estimate of drug-likeness (QED) is 0.684. The van der Waals surface area contributed by atoms with Crippen molar-refractivity contribution in [3.63, 3.8) is 0 Å². The lowest BCUT2D eigenvalue weighted by atomic mass is 10.1. The van der Waals surface area contributed by atoms with E-state index in [4.69, 9.17) is 14.2 Å². The maximum absolute atomic E-state index is 10.4. The van der Waals surface area contributed by atoms with Crippen LogP contribution in [0.2, 0.25) is 0 Å². The van der Waals surface area contributed by atoms with E-state index in [0.717, 1.165) is 82.3 Å². The Kier molecular flexibility index (Phi) is 8.36. The van der Waals surface area contributed by atoms with Crippen LogP contribution in [0.1, 0.15) is 24.8 Å². The fourth-order valence-electron chi connectivity index (χ4n) is 3.78. The van der Waals surface area contributed by atoms with Crippen molar-refractivity contribution >= 4 is 0 Å². The third kappa shape index (κ3) is 6.60. The fourth-order valence-corrected chi connectivity index (χ4v) is 3.78. The molecule has 0 radical (unpaired) electrons. The van der Waals surface area contributed by atoms with E-state index in [1.54, 1.807) is 7.11 Å². The van der Waals surface area contributed by atoms with E-state index in [2.05, 4.69) is 9.80 Å². The minimum Gasteiger partial charge on any atom is -0.497 e. The summed E-state index contributed by atoms with van der Waals surface area (Å²) >= 11 is 0. The van der Waals surface area contributed by atoms with E-state index in [9.17, 15) is 10.2 Å². The lowest BCUT2D eigenvalue weighted by Gasteiger charge is -2.31. The minimum atomic E-state index is -0.559. The van der Waals surface area contributed by atoms with Crippen molar-refractivity contribution in [2.24, 2.45) is 0 Å². The van der Waals surface area contributed by atoms with E-state index in [1.165, 1.54) is 0 Å². The fraction of sp³-hybridized carbons (Fsp3) is 0.714. The van der Waals surface area contributed by atoms with Gasteiger partial charge in [0.15, 0.2) is 0 Å². The molecule has 0 amide bonds. The summed E-state index contributed by atoms with van der Waals surface area (Å²) in [6, 6.07) is 5.83. The number of benzene rings is 1. The average Bonchev–Trinajstić information content (AvgIpc) is 2.97. The Morgan fingerprint density at radius 1 is 1.14 bits per heavy atom. The van der Waals surface area contributed by atoms with Gasteiger partial charge in [0.05, 0.1) is 19.8 Å². The van der Waals surface area contributed by atoms with Gasteiger partial charge in [-0.05, 0) is 37.5 Å². The number of rotatable bonds is 8. The first kappa shape index (κ1) is 21.3. The first-order chi connectivity index (χ1) is 13.6. The number of hydrogen-bond donors (Lipinski definition) is 2. The van der Waals surface area contributed by atoms with Crippen LogP contribution in [0.25, 0.3) is 0 Å². The summed E-state index contributed by atoms with van der Waals surface area (Å²) < 4.78 is 16.9. The zero-order chi connectivity index (χ0) is 19.8. The zero-order valence-corrected chi connectivity index (χ0v) is 16.9. The van der Waals surface area contributed by atoms with Gasteiger partial charge in [-0.3, -0.25) is 4.90 Å². The van der Waals surface area contributed by atoms with Crippen LogP contribution in [-0.4, -0.2) is 91.9 Å². The van der Waals surface area contributed by atoms with Crippen LogP contribution in [0, 0.1) is 0 Å². The van der Waals surface area contributed by atoms with Crippen molar-refractivity contribution in [3.05, 3.63) is 23.8 Å². The molecule has 158 valence electrons. The molecule has 0 aromatic heterocycles. The summed E-state index contributed by atoms with van der Waals surface area (Å²) in [5.74, 6) is 1.60. The number of hydrogen-bond acceptors (Lipinski definition) is 7. The monoisotopic (exact) mass is 394 g/mol. The molecule has 1 atom stereocenters. The van der Waals surface area contributed by atoms with Crippen molar-refractivity contribution in [2.45, 2.75) is 38.0 Å². The van der Waals surface area contributed by atoms with Crippen LogP contribution >= 0.6 is 0 Å². The Balaban J connectivity index is 1.55. The van der Waals surface area contributed by atoms with Crippen LogP contribution < -0.4 is 9.47 Å². The molecule has 2 N–H and O–H groups in total. The molecule has 0 bridgehead atoms. The molecule has 7 heteroatoms.